The lowest BCUT2D eigenvalue weighted by Crippen LogP contribution is -2.61. The second-order valence-electron chi connectivity index (χ2n) is 26.4. The van der Waals surface area contributed by atoms with Crippen LogP contribution in [0.2, 0.25) is 0 Å². The Hall–Kier alpha value is -2.12. The number of esters is 1. The fourth-order valence-electron chi connectivity index (χ4n) is 12.1. The molecule has 0 aromatic heterocycles. The van der Waals surface area contributed by atoms with E-state index < -0.39 is 67.4 Å². The molecule has 1 rings (SSSR count). The van der Waals surface area contributed by atoms with E-state index in [0.717, 1.165) is 64.2 Å². The Morgan fingerprint density at radius 3 is 1.20 bits per heavy atom. The summed E-state index contributed by atoms with van der Waals surface area (Å²) in [6, 6.07) is -1.02. The van der Waals surface area contributed by atoms with Gasteiger partial charge in [0.1, 0.15) is 24.4 Å². The summed E-state index contributed by atoms with van der Waals surface area (Å²) in [6.07, 6.45) is 69.1. The first kappa shape index (κ1) is 82.9. The Morgan fingerprint density at radius 2 is 0.793 bits per heavy atom. The second-order valence-corrected chi connectivity index (χ2v) is 26.4. The van der Waals surface area contributed by atoms with Crippen LogP contribution in [-0.2, 0) is 23.8 Å². The molecule has 1 aliphatic rings. The number of ether oxygens (including phenoxy) is 3. The van der Waals surface area contributed by atoms with Gasteiger partial charge < -0.3 is 45.1 Å². The number of hydrogen-bond donors (Lipinski definition) is 6. The summed E-state index contributed by atoms with van der Waals surface area (Å²) < 4.78 is 17.7. The monoisotopic (exact) mass is 1230 g/mol. The van der Waals surface area contributed by atoms with E-state index in [9.17, 15) is 35.1 Å². The van der Waals surface area contributed by atoms with Gasteiger partial charge in [-0.05, 0) is 57.8 Å². The predicted octanol–water partition coefficient (Wildman–Crippen LogP) is 19.7. The van der Waals surface area contributed by atoms with E-state index in [-0.39, 0.29) is 13.0 Å². The molecule has 0 spiro atoms. The highest BCUT2D eigenvalue weighted by atomic mass is 16.7. The first-order valence-corrected chi connectivity index (χ1v) is 37.8. The number of aliphatic hydroxyl groups is 5. The van der Waals surface area contributed by atoms with Crippen LogP contribution in [0.15, 0.2) is 36.5 Å². The zero-order chi connectivity index (χ0) is 63.1. The molecule has 87 heavy (non-hydrogen) atoms. The minimum atomic E-state index is -1.61. The maximum atomic E-state index is 13.5. The van der Waals surface area contributed by atoms with Crippen LogP contribution in [-0.4, -0.2) is 99.6 Å². The van der Waals surface area contributed by atoms with Gasteiger partial charge in [-0.3, -0.25) is 9.59 Å². The fourth-order valence-corrected chi connectivity index (χ4v) is 12.1. The highest BCUT2D eigenvalue weighted by molar-refractivity contribution is 5.80. The van der Waals surface area contributed by atoms with Crippen LogP contribution < -0.4 is 5.32 Å². The van der Waals surface area contributed by atoms with Crippen LogP contribution in [0.25, 0.3) is 0 Å². The summed E-state index contributed by atoms with van der Waals surface area (Å²) >= 11 is 0. The number of carbonyl (C=O) groups excluding carboxylic acids is 2. The zero-order valence-electron chi connectivity index (χ0n) is 57.2. The molecule has 0 aromatic carbocycles. The number of rotatable bonds is 66. The summed E-state index contributed by atoms with van der Waals surface area (Å²) in [7, 11) is 0. The van der Waals surface area contributed by atoms with Gasteiger partial charge >= 0.3 is 5.97 Å². The molecule has 1 saturated heterocycles. The molecule has 0 aliphatic carbocycles. The van der Waals surface area contributed by atoms with Crippen molar-refractivity contribution < 1.29 is 49.3 Å². The van der Waals surface area contributed by atoms with Gasteiger partial charge in [0.25, 0.3) is 0 Å². The van der Waals surface area contributed by atoms with Gasteiger partial charge in [-0.2, -0.15) is 0 Å². The standard InChI is InChI=1S/C76H143NO10/c1-4-7-10-13-16-19-22-24-26-28-30-32-34-36-37-39-41-43-45-48-51-54-57-60-63-69(80)75(84)77-67(68(79)62-59-56-53-50-47-21-18-15-12-9-6-3)66-85-76-74(73(83)72(82)70(65-78)86-76)87-71(81)64-61-58-55-52-49-46-44-42-40-38-35-33-31-29-27-25-23-20-17-14-11-8-5-2/h17,20,25,27,59,62,67-70,72-74,76,78-80,82-83H,4-16,18-19,21-24,26,28-58,60-61,63-66H2,1-3H3,(H,77,84)/b20-17-,27-25-,62-59+. The average molecular weight is 1230 g/mol. The Kier molecular flexibility index (Phi) is 61.0. The number of hydrogen-bond acceptors (Lipinski definition) is 10. The maximum Gasteiger partial charge on any atom is 0.306 e. The second kappa shape index (κ2) is 64.0. The maximum absolute atomic E-state index is 13.5. The molecule has 1 aliphatic heterocycles. The number of nitrogens with one attached hydrogen (secondary N) is 1. The number of unbranched alkanes of at least 4 members (excludes halogenated alkanes) is 48. The number of aliphatic hydroxyl groups excluding tert-OH is 5. The van der Waals surface area contributed by atoms with Crippen molar-refractivity contribution in [3.63, 3.8) is 0 Å². The van der Waals surface area contributed by atoms with Crippen molar-refractivity contribution in [2.24, 2.45) is 0 Å². The first-order chi connectivity index (χ1) is 42.7. The Bertz CT molecular complexity index is 1560. The number of amides is 1. The third kappa shape index (κ3) is 51.1. The minimum Gasteiger partial charge on any atom is -0.454 e. The molecular formula is C76H143NO10. The van der Waals surface area contributed by atoms with E-state index in [1.54, 1.807) is 6.08 Å². The number of allylic oxidation sites excluding steroid dienone is 5. The fraction of sp³-hybridized carbons (Fsp3) is 0.895. The van der Waals surface area contributed by atoms with Gasteiger partial charge in [0, 0.05) is 6.42 Å². The molecule has 8 atom stereocenters. The van der Waals surface area contributed by atoms with Gasteiger partial charge in [0.05, 0.1) is 25.4 Å². The van der Waals surface area contributed by atoms with Gasteiger partial charge in [-0.25, -0.2) is 0 Å². The molecule has 0 aromatic rings. The lowest BCUT2D eigenvalue weighted by Gasteiger charge is -2.41. The molecular weight excluding hydrogens is 1090 g/mol. The van der Waals surface area contributed by atoms with Crippen molar-refractivity contribution in [1.29, 1.82) is 0 Å². The highest BCUT2D eigenvalue weighted by Crippen LogP contribution is 2.27. The third-order valence-electron chi connectivity index (χ3n) is 18.0. The van der Waals surface area contributed by atoms with E-state index in [4.69, 9.17) is 14.2 Å². The molecule has 512 valence electrons. The quantitative estimate of drug-likeness (QED) is 0.0195. The smallest absolute Gasteiger partial charge is 0.306 e. The van der Waals surface area contributed by atoms with Crippen LogP contribution in [0.5, 0.6) is 0 Å². The molecule has 8 unspecified atom stereocenters. The minimum absolute atomic E-state index is 0.126. The van der Waals surface area contributed by atoms with Crippen LogP contribution in [0, 0.1) is 0 Å². The molecule has 11 nitrogen and oxygen atoms in total. The van der Waals surface area contributed by atoms with E-state index >= 15 is 0 Å². The normalized spacial score (nSPS) is 18.4. The van der Waals surface area contributed by atoms with Crippen molar-refractivity contribution >= 4 is 11.9 Å². The van der Waals surface area contributed by atoms with Crippen molar-refractivity contribution in [3.8, 4) is 0 Å². The lowest BCUT2D eigenvalue weighted by molar-refractivity contribution is -0.305. The van der Waals surface area contributed by atoms with Crippen LogP contribution in [0.3, 0.4) is 0 Å². The van der Waals surface area contributed by atoms with Gasteiger partial charge in [0.15, 0.2) is 12.4 Å². The predicted molar refractivity (Wildman–Crippen MR) is 366 cm³/mol. The number of carbonyl (C=O) groups is 2. The van der Waals surface area contributed by atoms with Crippen LogP contribution >= 0.6 is 0 Å². The highest BCUT2D eigenvalue weighted by Gasteiger charge is 2.47. The summed E-state index contributed by atoms with van der Waals surface area (Å²) in [5, 5.41) is 57.3. The SMILES string of the molecule is CCCCC/C=C\C/C=C\CCCCCCCCCCCCCCCC(=O)OC1C(OCC(NC(=O)C(O)CCCCCCCCCCCCCCCCCCCCCCCCCC)C(O)/C=C/CCCCCCCCCCC)OC(CO)C(O)C1O. The third-order valence-corrected chi connectivity index (χ3v) is 18.0. The molecule has 6 N–H and O–H groups in total. The molecule has 0 bridgehead atoms. The van der Waals surface area contributed by atoms with E-state index in [0.29, 0.717) is 19.3 Å². The molecule has 1 fully saturated rings. The van der Waals surface area contributed by atoms with Crippen LogP contribution in [0.1, 0.15) is 374 Å². The summed E-state index contributed by atoms with van der Waals surface area (Å²) in [6.45, 7) is 5.82. The van der Waals surface area contributed by atoms with E-state index in [1.807, 2.05) is 6.08 Å². The summed E-state index contributed by atoms with van der Waals surface area (Å²) in [5.41, 5.74) is 0. The molecule has 0 radical (unpaired) electrons. The van der Waals surface area contributed by atoms with Gasteiger partial charge in [0.2, 0.25) is 5.91 Å². The summed E-state index contributed by atoms with van der Waals surface area (Å²) in [5.74, 6) is -1.18. The Morgan fingerprint density at radius 1 is 0.448 bits per heavy atom. The van der Waals surface area contributed by atoms with E-state index in [1.165, 1.54) is 263 Å². The van der Waals surface area contributed by atoms with Crippen molar-refractivity contribution in [2.45, 2.75) is 423 Å². The molecule has 1 heterocycles. The van der Waals surface area contributed by atoms with Crippen molar-refractivity contribution in [3.05, 3.63) is 36.5 Å². The van der Waals surface area contributed by atoms with Gasteiger partial charge in [-0.15, -0.1) is 0 Å². The molecule has 11 heteroatoms. The Balaban J connectivity index is 2.50. The summed E-state index contributed by atoms with van der Waals surface area (Å²) in [4.78, 5) is 26.7. The molecule has 0 saturated carbocycles. The largest absolute Gasteiger partial charge is 0.454 e. The van der Waals surface area contributed by atoms with Crippen molar-refractivity contribution in [1.82, 2.24) is 5.32 Å². The van der Waals surface area contributed by atoms with Gasteiger partial charge in [-0.1, -0.05) is 346 Å². The topological polar surface area (TPSA) is 175 Å². The van der Waals surface area contributed by atoms with E-state index in [2.05, 4.69) is 50.4 Å². The molecule has 1 amide bonds. The zero-order valence-corrected chi connectivity index (χ0v) is 57.2. The lowest BCUT2D eigenvalue weighted by atomic mass is 9.99. The van der Waals surface area contributed by atoms with Crippen molar-refractivity contribution in [2.75, 3.05) is 13.2 Å². The Labute approximate surface area is 536 Å². The van der Waals surface area contributed by atoms with Crippen LogP contribution in [0.4, 0.5) is 0 Å². The average Bonchev–Trinajstić information content (AvgIpc) is 2.93. The first-order valence-electron chi connectivity index (χ1n) is 37.8.